The molecule has 0 bridgehead atoms. The molecule has 4 aromatic rings. The molecule has 0 saturated heterocycles. The number of pyridine rings is 1. The van der Waals surface area contributed by atoms with Crippen molar-refractivity contribution in [1.82, 2.24) is 25.3 Å². The van der Waals surface area contributed by atoms with Gasteiger partial charge < -0.3 is 15.6 Å². The van der Waals surface area contributed by atoms with Gasteiger partial charge in [0.2, 0.25) is 0 Å². The number of H-pyrrole nitrogens is 1. The Labute approximate surface area is 171 Å². The molecule has 6 nitrogen and oxygen atoms in total. The summed E-state index contributed by atoms with van der Waals surface area (Å²) >= 11 is 0. The molecule has 8 heteroatoms. The predicted octanol–water partition coefficient (Wildman–Crippen LogP) is 3.60. The summed E-state index contributed by atoms with van der Waals surface area (Å²) in [7, 11) is 0. The summed E-state index contributed by atoms with van der Waals surface area (Å²) in [5, 5.41) is 7.62. The Morgan fingerprint density at radius 3 is 2.90 bits per heavy atom. The topological polar surface area (TPSA) is 78.5 Å². The fourth-order valence-corrected chi connectivity index (χ4v) is 3.84. The van der Waals surface area contributed by atoms with E-state index in [9.17, 15) is 8.78 Å². The smallest absolute Gasteiger partial charge is 0.163 e. The van der Waals surface area contributed by atoms with Crippen LogP contribution in [0.5, 0.6) is 0 Å². The number of fused-ring (bicyclic) bond motifs is 2. The van der Waals surface area contributed by atoms with E-state index in [1.54, 1.807) is 18.3 Å². The second-order valence-electron chi connectivity index (χ2n) is 7.32. The molecule has 5 rings (SSSR count). The molecule has 0 aliphatic carbocycles. The molecule has 3 aromatic heterocycles. The molecule has 1 aromatic carbocycles. The highest BCUT2D eigenvalue weighted by molar-refractivity contribution is 5.83. The second kappa shape index (κ2) is 7.79. The van der Waals surface area contributed by atoms with E-state index in [-0.39, 0.29) is 5.82 Å². The molecule has 0 unspecified atom stereocenters. The van der Waals surface area contributed by atoms with E-state index in [0.29, 0.717) is 30.9 Å². The Kier molecular flexibility index (Phi) is 4.84. The van der Waals surface area contributed by atoms with E-state index >= 15 is 0 Å². The highest BCUT2D eigenvalue weighted by Crippen LogP contribution is 2.25. The van der Waals surface area contributed by atoms with Crippen molar-refractivity contribution >= 4 is 16.7 Å². The second-order valence-corrected chi connectivity index (χ2v) is 7.32. The largest absolute Gasteiger partial charge is 0.369 e. The van der Waals surface area contributed by atoms with E-state index < -0.39 is 5.82 Å². The van der Waals surface area contributed by atoms with Crippen LogP contribution in [0.25, 0.3) is 22.3 Å². The van der Waals surface area contributed by atoms with Crippen LogP contribution in [0, 0.1) is 11.6 Å². The van der Waals surface area contributed by atoms with Crippen LogP contribution in [0.4, 0.5) is 14.6 Å². The molecule has 4 heterocycles. The minimum Gasteiger partial charge on any atom is -0.369 e. The first-order valence-electron chi connectivity index (χ1n) is 9.88. The SMILES string of the molecule is Fc1cncc(-c2nc3c(c(NCCc4c[nH]c5ccc(F)cc45)n2)CCNC3)c1. The number of hydrogen-bond acceptors (Lipinski definition) is 5. The molecule has 30 heavy (non-hydrogen) atoms. The number of nitrogens with one attached hydrogen (secondary N) is 3. The maximum Gasteiger partial charge on any atom is 0.163 e. The van der Waals surface area contributed by atoms with Gasteiger partial charge in [-0.15, -0.1) is 0 Å². The van der Waals surface area contributed by atoms with Crippen LogP contribution in [0.2, 0.25) is 0 Å². The summed E-state index contributed by atoms with van der Waals surface area (Å²) in [4.78, 5) is 16.4. The van der Waals surface area contributed by atoms with E-state index in [4.69, 9.17) is 0 Å². The van der Waals surface area contributed by atoms with Crippen molar-refractivity contribution in [3.8, 4) is 11.4 Å². The Morgan fingerprint density at radius 2 is 2.00 bits per heavy atom. The quantitative estimate of drug-likeness (QED) is 0.472. The summed E-state index contributed by atoms with van der Waals surface area (Å²) in [6.45, 7) is 2.12. The third kappa shape index (κ3) is 3.61. The monoisotopic (exact) mass is 406 g/mol. The summed E-state index contributed by atoms with van der Waals surface area (Å²) in [5.74, 6) is 0.531. The van der Waals surface area contributed by atoms with Crippen molar-refractivity contribution in [2.45, 2.75) is 19.4 Å². The lowest BCUT2D eigenvalue weighted by atomic mass is 10.1. The first-order chi connectivity index (χ1) is 14.7. The van der Waals surface area contributed by atoms with Crippen LogP contribution in [-0.4, -0.2) is 33.0 Å². The van der Waals surface area contributed by atoms with Gasteiger partial charge in [-0.1, -0.05) is 0 Å². The molecular weight excluding hydrogens is 386 g/mol. The Bertz CT molecular complexity index is 1220. The van der Waals surface area contributed by atoms with E-state index in [2.05, 4.69) is 30.6 Å². The molecule has 0 spiro atoms. The normalized spacial score (nSPS) is 13.4. The molecule has 0 saturated carbocycles. The summed E-state index contributed by atoms with van der Waals surface area (Å²) in [5.41, 5.74) is 4.48. The first-order valence-corrected chi connectivity index (χ1v) is 9.88. The van der Waals surface area contributed by atoms with Gasteiger partial charge in [0.05, 0.1) is 11.9 Å². The summed E-state index contributed by atoms with van der Waals surface area (Å²) in [6.07, 6.45) is 6.15. The molecule has 3 N–H and O–H groups in total. The molecule has 0 radical (unpaired) electrons. The Morgan fingerprint density at radius 1 is 1.07 bits per heavy atom. The van der Waals surface area contributed by atoms with Gasteiger partial charge in [0.25, 0.3) is 0 Å². The lowest BCUT2D eigenvalue weighted by Gasteiger charge is -2.20. The summed E-state index contributed by atoms with van der Waals surface area (Å²) in [6, 6.07) is 6.13. The molecule has 152 valence electrons. The lowest BCUT2D eigenvalue weighted by molar-refractivity contribution is 0.619. The number of hydrogen-bond donors (Lipinski definition) is 3. The average molecular weight is 406 g/mol. The lowest BCUT2D eigenvalue weighted by Crippen LogP contribution is -2.27. The molecular formula is C22H20F2N6. The minimum absolute atomic E-state index is 0.248. The average Bonchev–Trinajstić information content (AvgIpc) is 3.15. The van der Waals surface area contributed by atoms with Crippen LogP contribution < -0.4 is 10.6 Å². The van der Waals surface area contributed by atoms with Gasteiger partial charge in [-0.3, -0.25) is 4.98 Å². The molecule has 0 fully saturated rings. The van der Waals surface area contributed by atoms with Crippen molar-refractivity contribution in [2.24, 2.45) is 0 Å². The molecule has 1 aliphatic rings. The number of nitrogens with zero attached hydrogens (tertiary/aromatic N) is 3. The molecule has 1 aliphatic heterocycles. The Balaban J connectivity index is 1.41. The van der Waals surface area contributed by atoms with E-state index in [0.717, 1.165) is 52.7 Å². The highest BCUT2D eigenvalue weighted by atomic mass is 19.1. The van der Waals surface area contributed by atoms with Crippen LogP contribution in [-0.2, 0) is 19.4 Å². The van der Waals surface area contributed by atoms with Crippen molar-refractivity contribution in [1.29, 1.82) is 0 Å². The first kappa shape index (κ1) is 18.6. The van der Waals surface area contributed by atoms with Gasteiger partial charge >= 0.3 is 0 Å². The van der Waals surface area contributed by atoms with Gasteiger partial charge in [0, 0.05) is 47.5 Å². The number of aromatic nitrogens is 4. The van der Waals surface area contributed by atoms with Crippen molar-refractivity contribution in [3.05, 3.63) is 71.3 Å². The highest BCUT2D eigenvalue weighted by Gasteiger charge is 2.18. The van der Waals surface area contributed by atoms with Crippen LogP contribution in [0.3, 0.4) is 0 Å². The number of anilines is 1. The standard InChI is InChI=1S/C22H20F2N6/c23-15-1-2-19-18(8-15)13(10-28-19)3-6-27-22-17-4-5-25-12-20(17)29-21(30-22)14-7-16(24)11-26-9-14/h1-2,7-11,25,28H,3-6,12H2,(H,27,29,30). The van der Waals surface area contributed by atoms with Crippen LogP contribution >= 0.6 is 0 Å². The van der Waals surface area contributed by atoms with Gasteiger partial charge in [0.15, 0.2) is 5.82 Å². The van der Waals surface area contributed by atoms with Crippen LogP contribution in [0.15, 0.2) is 42.9 Å². The fraction of sp³-hybridized carbons (Fsp3) is 0.227. The minimum atomic E-state index is -0.423. The van der Waals surface area contributed by atoms with E-state index in [1.165, 1.54) is 12.1 Å². The molecule has 0 atom stereocenters. The number of aromatic amines is 1. The maximum absolute atomic E-state index is 13.6. The van der Waals surface area contributed by atoms with Gasteiger partial charge in [0.1, 0.15) is 17.5 Å². The van der Waals surface area contributed by atoms with Crippen LogP contribution in [0.1, 0.15) is 16.8 Å². The number of benzene rings is 1. The fourth-order valence-electron chi connectivity index (χ4n) is 3.84. The van der Waals surface area contributed by atoms with Gasteiger partial charge in [-0.05, 0) is 49.2 Å². The van der Waals surface area contributed by atoms with Gasteiger partial charge in [-0.2, -0.15) is 0 Å². The van der Waals surface area contributed by atoms with Crippen molar-refractivity contribution in [2.75, 3.05) is 18.4 Å². The zero-order chi connectivity index (χ0) is 20.5. The Hall–Kier alpha value is -3.39. The molecule has 0 amide bonds. The predicted molar refractivity (Wildman–Crippen MR) is 111 cm³/mol. The zero-order valence-electron chi connectivity index (χ0n) is 16.2. The maximum atomic E-state index is 13.6. The third-order valence-corrected chi connectivity index (χ3v) is 5.32. The number of rotatable bonds is 5. The third-order valence-electron chi connectivity index (χ3n) is 5.32. The van der Waals surface area contributed by atoms with E-state index in [1.807, 2.05) is 6.20 Å². The summed E-state index contributed by atoms with van der Waals surface area (Å²) < 4.78 is 27.3. The van der Waals surface area contributed by atoms with Crippen molar-refractivity contribution < 1.29 is 8.78 Å². The zero-order valence-corrected chi connectivity index (χ0v) is 16.2. The number of halogens is 2. The van der Waals surface area contributed by atoms with Crippen molar-refractivity contribution in [3.63, 3.8) is 0 Å². The van der Waals surface area contributed by atoms with Gasteiger partial charge in [-0.25, -0.2) is 18.7 Å².